The molecule has 0 radical (unpaired) electrons. The number of carbonyl (C=O) groups is 2. The van der Waals surface area contributed by atoms with Crippen molar-refractivity contribution >= 4 is 11.8 Å². The van der Waals surface area contributed by atoms with Crippen molar-refractivity contribution in [3.63, 3.8) is 0 Å². The average Bonchev–Trinajstić information content (AvgIpc) is 3.28. The van der Waals surface area contributed by atoms with Crippen LogP contribution in [0.15, 0.2) is 12.2 Å². The smallest absolute Gasteiger partial charge is 0.255 e. The van der Waals surface area contributed by atoms with Crippen LogP contribution in [0.4, 0.5) is 0 Å². The summed E-state index contributed by atoms with van der Waals surface area (Å²) in [7, 11) is 0. The molecule has 2 aliphatic rings. The van der Waals surface area contributed by atoms with Crippen LogP contribution < -0.4 is 5.32 Å². The molecule has 5 heteroatoms. The van der Waals surface area contributed by atoms with E-state index in [2.05, 4.69) is 5.32 Å². The molecule has 2 amide bonds. The fourth-order valence-corrected chi connectivity index (χ4v) is 2.55. The van der Waals surface area contributed by atoms with E-state index in [-0.39, 0.29) is 17.7 Å². The van der Waals surface area contributed by atoms with Gasteiger partial charge in [-0.1, -0.05) is 12.2 Å². The number of amides is 2. The van der Waals surface area contributed by atoms with Crippen molar-refractivity contribution in [3.05, 3.63) is 12.2 Å². The zero-order valence-corrected chi connectivity index (χ0v) is 12.0. The summed E-state index contributed by atoms with van der Waals surface area (Å²) in [6, 6.07) is 0. The molecule has 0 bridgehead atoms. The number of nitrogens with one attached hydrogen (secondary N) is 1. The van der Waals surface area contributed by atoms with E-state index in [9.17, 15) is 14.7 Å². The minimum absolute atomic E-state index is 0.0509. The molecule has 2 atom stereocenters. The van der Waals surface area contributed by atoms with Gasteiger partial charge in [0.2, 0.25) is 5.91 Å². The quantitative estimate of drug-likeness (QED) is 0.728. The lowest BCUT2D eigenvalue weighted by Gasteiger charge is -2.32. The third-order valence-electron chi connectivity index (χ3n) is 3.99. The van der Waals surface area contributed by atoms with Crippen LogP contribution in [0.2, 0.25) is 0 Å². The highest BCUT2D eigenvalue weighted by atomic mass is 16.3. The highest BCUT2D eigenvalue weighted by Gasteiger charge is 2.31. The number of aliphatic hydroxyl groups excluding tert-OH is 1. The first kappa shape index (κ1) is 15.0. The average molecular weight is 280 g/mol. The normalized spacial score (nSPS) is 24.7. The Morgan fingerprint density at radius 2 is 2.15 bits per heavy atom. The number of aliphatic hydroxyl groups is 1. The van der Waals surface area contributed by atoms with Crippen LogP contribution in [0, 0.1) is 11.8 Å². The Kier molecular flexibility index (Phi) is 5.17. The number of hydrogen-bond acceptors (Lipinski definition) is 3. The minimum Gasteiger partial charge on any atom is -0.379 e. The maximum absolute atomic E-state index is 12.1. The summed E-state index contributed by atoms with van der Waals surface area (Å²) in [5.41, 5.74) is 0. The number of hydrogen-bond donors (Lipinski definition) is 2. The molecule has 0 aromatic carbocycles. The monoisotopic (exact) mass is 280 g/mol. The first-order chi connectivity index (χ1) is 9.61. The summed E-state index contributed by atoms with van der Waals surface area (Å²) in [6.45, 7) is 3.58. The predicted molar refractivity (Wildman–Crippen MR) is 75.9 cm³/mol. The molecule has 1 aliphatic heterocycles. The van der Waals surface area contributed by atoms with E-state index in [0.29, 0.717) is 19.0 Å². The summed E-state index contributed by atoms with van der Waals surface area (Å²) in [5.74, 6) is 0.277. The van der Waals surface area contributed by atoms with Crippen molar-refractivity contribution in [2.45, 2.75) is 38.7 Å². The number of piperidine rings is 1. The van der Waals surface area contributed by atoms with Gasteiger partial charge in [0, 0.05) is 19.6 Å². The second kappa shape index (κ2) is 6.88. The zero-order valence-electron chi connectivity index (χ0n) is 12.0. The van der Waals surface area contributed by atoms with E-state index in [4.69, 9.17) is 0 Å². The lowest BCUT2D eigenvalue weighted by atomic mass is 9.96. The third-order valence-corrected chi connectivity index (χ3v) is 3.99. The second-order valence-electron chi connectivity index (χ2n) is 5.78. The van der Waals surface area contributed by atoms with Crippen LogP contribution in [0.5, 0.6) is 0 Å². The Hall–Kier alpha value is -1.36. The summed E-state index contributed by atoms with van der Waals surface area (Å²) >= 11 is 0. The minimum atomic E-state index is -1.09. The second-order valence-corrected chi connectivity index (χ2v) is 5.78. The number of allylic oxidation sites excluding steroid dienone is 1. The first-order valence-corrected chi connectivity index (χ1v) is 7.49. The van der Waals surface area contributed by atoms with Gasteiger partial charge in [0.15, 0.2) is 6.10 Å². The Labute approximate surface area is 120 Å². The molecule has 5 nitrogen and oxygen atoms in total. The van der Waals surface area contributed by atoms with Crippen LogP contribution in [-0.4, -0.2) is 47.6 Å². The molecular formula is C15H24N2O3. The molecule has 1 saturated carbocycles. The van der Waals surface area contributed by atoms with Crippen molar-refractivity contribution in [1.29, 1.82) is 0 Å². The Bertz CT molecular complexity index is 391. The molecule has 0 aromatic rings. The summed E-state index contributed by atoms with van der Waals surface area (Å²) in [6.07, 6.45) is 6.10. The van der Waals surface area contributed by atoms with Gasteiger partial charge >= 0.3 is 0 Å². The van der Waals surface area contributed by atoms with E-state index in [0.717, 1.165) is 19.4 Å². The van der Waals surface area contributed by atoms with Gasteiger partial charge in [0.1, 0.15) is 0 Å². The Balaban J connectivity index is 1.83. The molecule has 1 saturated heterocycles. The van der Waals surface area contributed by atoms with Crippen molar-refractivity contribution in [3.8, 4) is 0 Å². The van der Waals surface area contributed by atoms with Gasteiger partial charge in [-0.3, -0.25) is 9.59 Å². The molecule has 2 N–H and O–H groups in total. The number of likely N-dealkylation sites (tertiary alicyclic amines) is 1. The van der Waals surface area contributed by atoms with Crippen LogP contribution in [-0.2, 0) is 9.59 Å². The largest absolute Gasteiger partial charge is 0.379 e. The van der Waals surface area contributed by atoms with E-state index in [1.54, 1.807) is 17.9 Å². The lowest BCUT2D eigenvalue weighted by Crippen LogP contribution is -2.48. The highest BCUT2D eigenvalue weighted by Crippen LogP contribution is 2.28. The van der Waals surface area contributed by atoms with Gasteiger partial charge in [-0.2, -0.15) is 0 Å². The van der Waals surface area contributed by atoms with Gasteiger partial charge in [-0.05, 0) is 38.5 Å². The third kappa shape index (κ3) is 4.07. The first-order valence-electron chi connectivity index (χ1n) is 7.49. The van der Waals surface area contributed by atoms with Crippen molar-refractivity contribution < 1.29 is 14.7 Å². The molecule has 2 unspecified atom stereocenters. The number of carbonyl (C=O) groups excluding carboxylic acids is 2. The molecular weight excluding hydrogens is 256 g/mol. The van der Waals surface area contributed by atoms with E-state index in [1.807, 2.05) is 0 Å². The molecule has 20 heavy (non-hydrogen) atoms. The fourth-order valence-electron chi connectivity index (χ4n) is 2.55. The van der Waals surface area contributed by atoms with E-state index < -0.39 is 6.10 Å². The molecule has 1 aliphatic carbocycles. The maximum atomic E-state index is 12.1. The molecule has 2 fully saturated rings. The summed E-state index contributed by atoms with van der Waals surface area (Å²) in [5, 5.41) is 12.7. The fraction of sp³-hybridized carbons (Fsp3) is 0.733. The van der Waals surface area contributed by atoms with Crippen molar-refractivity contribution in [2.75, 3.05) is 19.6 Å². The van der Waals surface area contributed by atoms with Crippen molar-refractivity contribution in [1.82, 2.24) is 10.2 Å². The van der Waals surface area contributed by atoms with E-state index in [1.165, 1.54) is 18.9 Å². The lowest BCUT2D eigenvalue weighted by molar-refractivity contribution is -0.141. The Morgan fingerprint density at radius 3 is 2.80 bits per heavy atom. The van der Waals surface area contributed by atoms with Gasteiger partial charge < -0.3 is 15.3 Å². The molecule has 0 aromatic heterocycles. The van der Waals surface area contributed by atoms with Gasteiger partial charge in [-0.15, -0.1) is 0 Å². The SMILES string of the molecule is CC=CC(O)C(=O)N1CCCC(C(=O)NCC2CC2)C1. The van der Waals surface area contributed by atoms with Crippen LogP contribution in [0.1, 0.15) is 32.6 Å². The van der Waals surface area contributed by atoms with Gasteiger partial charge in [-0.25, -0.2) is 0 Å². The molecule has 1 heterocycles. The number of rotatable bonds is 5. The van der Waals surface area contributed by atoms with Crippen LogP contribution >= 0.6 is 0 Å². The Morgan fingerprint density at radius 1 is 1.40 bits per heavy atom. The summed E-state index contributed by atoms with van der Waals surface area (Å²) < 4.78 is 0. The van der Waals surface area contributed by atoms with Crippen LogP contribution in [0.3, 0.4) is 0 Å². The van der Waals surface area contributed by atoms with Crippen LogP contribution in [0.25, 0.3) is 0 Å². The zero-order chi connectivity index (χ0) is 14.5. The number of nitrogens with zero attached hydrogens (tertiary/aromatic N) is 1. The maximum Gasteiger partial charge on any atom is 0.255 e. The van der Waals surface area contributed by atoms with Gasteiger partial charge in [0.25, 0.3) is 5.91 Å². The highest BCUT2D eigenvalue weighted by molar-refractivity contribution is 5.84. The predicted octanol–water partition coefficient (Wildman–Crippen LogP) is 0.688. The molecule has 0 spiro atoms. The molecule has 2 rings (SSSR count). The summed E-state index contributed by atoms with van der Waals surface area (Å²) in [4.78, 5) is 25.7. The standard InChI is InChI=1S/C15H24N2O3/c1-2-4-13(18)15(20)17-8-3-5-12(10-17)14(19)16-9-11-6-7-11/h2,4,11-13,18H,3,5-10H2,1H3,(H,16,19). The van der Waals surface area contributed by atoms with Crippen molar-refractivity contribution in [2.24, 2.45) is 11.8 Å². The topological polar surface area (TPSA) is 69.6 Å². The van der Waals surface area contributed by atoms with Gasteiger partial charge in [0.05, 0.1) is 5.92 Å². The molecule has 112 valence electrons. The van der Waals surface area contributed by atoms with E-state index >= 15 is 0 Å².